The van der Waals surface area contributed by atoms with Gasteiger partial charge in [-0.1, -0.05) is 42.5 Å². The summed E-state index contributed by atoms with van der Waals surface area (Å²) in [6.07, 6.45) is 0.479. The van der Waals surface area contributed by atoms with Gasteiger partial charge in [-0.15, -0.1) is 24.0 Å². The second kappa shape index (κ2) is 11.2. The van der Waals surface area contributed by atoms with Crippen LogP contribution in [0.25, 0.3) is 0 Å². The summed E-state index contributed by atoms with van der Waals surface area (Å²) in [5.41, 5.74) is 4.63. The number of para-hydroxylation sites is 1. The molecule has 3 rings (SSSR count). The highest BCUT2D eigenvalue weighted by atomic mass is 127. The molecule has 0 saturated heterocycles. The number of hydrogen-bond acceptors (Lipinski definition) is 3. The zero-order valence-corrected chi connectivity index (χ0v) is 19.6. The van der Waals surface area contributed by atoms with E-state index in [4.69, 9.17) is 0 Å². The molecule has 1 unspecified atom stereocenters. The van der Waals surface area contributed by atoms with E-state index in [2.05, 4.69) is 70.3 Å². The first-order valence-electron chi connectivity index (χ1n) is 9.61. The molecule has 0 saturated carbocycles. The molecule has 7 heteroatoms. The van der Waals surface area contributed by atoms with Crippen molar-refractivity contribution in [2.24, 2.45) is 4.99 Å². The molecule has 1 atom stereocenters. The van der Waals surface area contributed by atoms with E-state index < -0.39 is 0 Å². The third kappa shape index (κ3) is 6.43. The highest BCUT2D eigenvalue weighted by Gasteiger charge is 2.24. The van der Waals surface area contributed by atoms with Crippen LogP contribution in [-0.4, -0.2) is 44.5 Å². The fourth-order valence-corrected chi connectivity index (χ4v) is 3.53. The van der Waals surface area contributed by atoms with Crippen LogP contribution in [0, 0.1) is 0 Å². The normalized spacial score (nSPS) is 15.9. The van der Waals surface area contributed by atoms with Gasteiger partial charge >= 0.3 is 0 Å². The Hall–Kier alpha value is -2.13. The van der Waals surface area contributed by atoms with E-state index in [0.717, 1.165) is 18.2 Å². The summed E-state index contributed by atoms with van der Waals surface area (Å²) in [6, 6.07) is 16.4. The van der Waals surface area contributed by atoms with Crippen molar-refractivity contribution in [2.75, 3.05) is 33.0 Å². The summed E-state index contributed by atoms with van der Waals surface area (Å²) < 4.78 is 0. The van der Waals surface area contributed by atoms with Crippen LogP contribution in [0.4, 0.5) is 5.69 Å². The molecule has 29 heavy (non-hydrogen) atoms. The molecule has 6 nitrogen and oxygen atoms in total. The number of nitrogens with one attached hydrogen (secondary N) is 3. The van der Waals surface area contributed by atoms with Crippen LogP contribution in [0.15, 0.2) is 53.5 Å². The molecule has 1 heterocycles. The van der Waals surface area contributed by atoms with Gasteiger partial charge in [-0.3, -0.25) is 9.79 Å². The lowest BCUT2D eigenvalue weighted by Crippen LogP contribution is -2.40. The van der Waals surface area contributed by atoms with Gasteiger partial charge in [-0.2, -0.15) is 0 Å². The van der Waals surface area contributed by atoms with Gasteiger partial charge in [0.05, 0.1) is 0 Å². The van der Waals surface area contributed by atoms with Crippen molar-refractivity contribution in [3.05, 3.63) is 65.2 Å². The maximum atomic E-state index is 12.0. The minimum Gasteiger partial charge on any atom is -0.356 e. The Balaban J connectivity index is 0.00000300. The highest BCUT2D eigenvalue weighted by molar-refractivity contribution is 14.0. The lowest BCUT2D eigenvalue weighted by Gasteiger charge is -2.26. The number of hydrogen-bond donors (Lipinski definition) is 3. The Morgan fingerprint density at radius 1 is 1.10 bits per heavy atom. The molecule has 0 radical (unpaired) electrons. The number of benzene rings is 2. The molecule has 0 aliphatic carbocycles. The first kappa shape index (κ1) is 23.2. The summed E-state index contributed by atoms with van der Waals surface area (Å²) >= 11 is 0. The van der Waals surface area contributed by atoms with Crippen LogP contribution < -0.4 is 16.0 Å². The number of rotatable bonds is 6. The second-order valence-electron chi connectivity index (χ2n) is 7.35. The summed E-state index contributed by atoms with van der Waals surface area (Å²) in [5.74, 6) is 0.929. The van der Waals surface area contributed by atoms with E-state index in [1.807, 2.05) is 18.2 Å². The third-order valence-corrected chi connectivity index (χ3v) is 4.90. The van der Waals surface area contributed by atoms with Gasteiger partial charge in [0.1, 0.15) is 0 Å². The van der Waals surface area contributed by atoms with Crippen molar-refractivity contribution in [3.8, 4) is 0 Å². The Bertz CT molecular complexity index is 853. The second-order valence-corrected chi connectivity index (χ2v) is 7.35. The lowest BCUT2D eigenvalue weighted by molar-refractivity contribution is -0.116. The zero-order chi connectivity index (χ0) is 19.9. The molecule has 0 aromatic heterocycles. The molecule has 0 bridgehead atoms. The van der Waals surface area contributed by atoms with Crippen LogP contribution in [0.2, 0.25) is 0 Å². The van der Waals surface area contributed by atoms with Gasteiger partial charge in [0.25, 0.3) is 0 Å². The SMILES string of the molecule is CN=C(NCc1ccccc1CN(C)C)NCC1CC(=O)Nc2ccccc21.I. The fourth-order valence-electron chi connectivity index (χ4n) is 3.53. The predicted molar refractivity (Wildman–Crippen MR) is 130 cm³/mol. The molecule has 0 fully saturated rings. The van der Waals surface area contributed by atoms with E-state index in [0.29, 0.717) is 19.5 Å². The quantitative estimate of drug-likeness (QED) is 0.319. The maximum Gasteiger partial charge on any atom is 0.225 e. The van der Waals surface area contributed by atoms with Gasteiger partial charge in [-0.05, 0) is 36.9 Å². The first-order chi connectivity index (χ1) is 13.6. The number of aliphatic imine (C=N–C) groups is 1. The van der Waals surface area contributed by atoms with Crippen molar-refractivity contribution in [3.63, 3.8) is 0 Å². The lowest BCUT2D eigenvalue weighted by atomic mass is 9.90. The third-order valence-electron chi connectivity index (χ3n) is 4.90. The van der Waals surface area contributed by atoms with Crippen LogP contribution in [0.5, 0.6) is 0 Å². The monoisotopic (exact) mass is 507 g/mol. The van der Waals surface area contributed by atoms with Gasteiger partial charge in [0, 0.05) is 44.7 Å². The number of anilines is 1. The number of carbonyl (C=O) groups is 1. The average Bonchev–Trinajstić information content (AvgIpc) is 2.68. The molecular formula is C22H30IN5O. The summed E-state index contributed by atoms with van der Waals surface area (Å²) in [4.78, 5) is 18.5. The van der Waals surface area contributed by atoms with Crippen LogP contribution in [0.1, 0.15) is 29.0 Å². The fraction of sp³-hybridized carbons (Fsp3) is 0.364. The minimum atomic E-state index is 0. The molecule has 0 spiro atoms. The smallest absolute Gasteiger partial charge is 0.225 e. The van der Waals surface area contributed by atoms with Gasteiger partial charge in [0.15, 0.2) is 5.96 Å². The molecule has 2 aromatic carbocycles. The number of carbonyl (C=O) groups excluding carboxylic acids is 1. The zero-order valence-electron chi connectivity index (χ0n) is 17.2. The Morgan fingerprint density at radius 3 is 2.52 bits per heavy atom. The molecule has 2 aromatic rings. The van der Waals surface area contributed by atoms with Crippen molar-refractivity contribution < 1.29 is 4.79 Å². The minimum absolute atomic E-state index is 0. The Labute approximate surface area is 190 Å². The van der Waals surface area contributed by atoms with Crippen LogP contribution in [-0.2, 0) is 17.9 Å². The maximum absolute atomic E-state index is 12.0. The first-order valence-corrected chi connectivity index (χ1v) is 9.61. The van der Waals surface area contributed by atoms with Crippen molar-refractivity contribution in [2.45, 2.75) is 25.4 Å². The molecule has 1 aliphatic rings. The Kier molecular flexibility index (Phi) is 8.91. The van der Waals surface area contributed by atoms with Crippen molar-refractivity contribution >= 4 is 41.5 Å². The average molecular weight is 507 g/mol. The molecule has 1 amide bonds. The molecule has 1 aliphatic heterocycles. The number of nitrogens with zero attached hydrogens (tertiary/aromatic N) is 2. The van der Waals surface area contributed by atoms with Crippen LogP contribution >= 0.6 is 24.0 Å². The molecular weight excluding hydrogens is 477 g/mol. The van der Waals surface area contributed by atoms with Crippen molar-refractivity contribution in [1.29, 1.82) is 0 Å². The highest BCUT2D eigenvalue weighted by Crippen LogP contribution is 2.31. The van der Waals surface area contributed by atoms with E-state index in [1.54, 1.807) is 7.05 Å². The standard InChI is InChI=1S/C22H29N5O.HI/c1-23-22(24-13-16-8-4-5-9-17(16)15-27(2)3)25-14-18-12-21(28)26-20-11-7-6-10-19(18)20;/h4-11,18H,12-15H2,1-3H3,(H,26,28)(H2,23,24,25);1H. The number of guanidine groups is 1. The number of fused-ring (bicyclic) bond motifs is 1. The largest absolute Gasteiger partial charge is 0.356 e. The Morgan fingerprint density at radius 2 is 1.79 bits per heavy atom. The molecule has 3 N–H and O–H groups in total. The van der Waals surface area contributed by atoms with Gasteiger partial charge in [0.2, 0.25) is 5.91 Å². The van der Waals surface area contributed by atoms with E-state index in [9.17, 15) is 4.79 Å². The van der Waals surface area contributed by atoms with Crippen LogP contribution in [0.3, 0.4) is 0 Å². The van der Waals surface area contributed by atoms with Gasteiger partial charge in [-0.25, -0.2) is 0 Å². The summed E-state index contributed by atoms with van der Waals surface area (Å²) in [5, 5.41) is 9.72. The van der Waals surface area contributed by atoms with E-state index in [-0.39, 0.29) is 35.8 Å². The summed E-state index contributed by atoms with van der Waals surface area (Å²) in [7, 11) is 5.91. The van der Waals surface area contributed by atoms with Gasteiger partial charge < -0.3 is 20.9 Å². The number of amides is 1. The predicted octanol–water partition coefficient (Wildman–Crippen LogP) is 3.16. The summed E-state index contributed by atoms with van der Waals surface area (Å²) in [6.45, 7) is 2.26. The van der Waals surface area contributed by atoms with E-state index in [1.165, 1.54) is 16.7 Å². The molecule has 156 valence electrons. The van der Waals surface area contributed by atoms with E-state index >= 15 is 0 Å². The topological polar surface area (TPSA) is 68.8 Å². The van der Waals surface area contributed by atoms with Crippen molar-refractivity contribution in [1.82, 2.24) is 15.5 Å². The number of halogens is 1.